The van der Waals surface area contributed by atoms with Crippen LogP contribution in [-0.2, 0) is 9.53 Å². The van der Waals surface area contributed by atoms with Crippen LogP contribution in [0.4, 0.5) is 0 Å². The Labute approximate surface area is 77.4 Å². The maximum Gasteiger partial charge on any atom is 0.246 e. The fourth-order valence-corrected chi connectivity index (χ4v) is 1.61. The Balaban J connectivity index is 0.000000720. The van der Waals surface area contributed by atoms with Crippen LogP contribution < -0.4 is 10.6 Å². The van der Waals surface area contributed by atoms with Crippen LogP contribution in [0, 0.1) is 0 Å². The highest BCUT2D eigenvalue weighted by molar-refractivity contribution is 5.85. The molecule has 1 amide bonds. The first-order valence-electron chi connectivity index (χ1n) is 3.98. The van der Waals surface area contributed by atoms with Crippen molar-refractivity contribution in [2.75, 3.05) is 19.7 Å². The average Bonchev–Trinajstić information content (AvgIpc) is 2.04. The second-order valence-corrected chi connectivity index (χ2v) is 3.02. The van der Waals surface area contributed by atoms with Gasteiger partial charge in [-0.2, -0.15) is 0 Å². The third-order valence-electron chi connectivity index (χ3n) is 2.19. The Kier molecular flexibility index (Phi) is 3.31. The molecule has 0 aliphatic carbocycles. The number of morpholine rings is 1. The van der Waals surface area contributed by atoms with E-state index in [1.54, 1.807) is 0 Å². The molecule has 2 atom stereocenters. The summed E-state index contributed by atoms with van der Waals surface area (Å²) in [6.45, 7) is 2.08. The van der Waals surface area contributed by atoms with E-state index in [1.807, 2.05) is 0 Å². The molecule has 0 unspecified atom stereocenters. The molecule has 2 N–H and O–H groups in total. The fraction of sp³-hybridized carbons (Fsp3) is 0.857. The van der Waals surface area contributed by atoms with Gasteiger partial charge in [-0.15, -0.1) is 12.4 Å². The van der Waals surface area contributed by atoms with Crippen LogP contribution in [0.25, 0.3) is 0 Å². The zero-order chi connectivity index (χ0) is 7.68. The maximum absolute atomic E-state index is 10.9. The van der Waals surface area contributed by atoms with Gasteiger partial charge in [0.2, 0.25) is 5.91 Å². The highest BCUT2D eigenvalue weighted by Gasteiger charge is 2.31. The van der Waals surface area contributed by atoms with Gasteiger partial charge < -0.3 is 15.4 Å². The van der Waals surface area contributed by atoms with Crippen molar-refractivity contribution in [2.24, 2.45) is 0 Å². The van der Waals surface area contributed by atoms with Crippen LogP contribution in [0.3, 0.4) is 0 Å². The highest BCUT2D eigenvalue weighted by Crippen LogP contribution is 2.11. The van der Waals surface area contributed by atoms with Crippen molar-refractivity contribution in [2.45, 2.75) is 18.6 Å². The number of amides is 1. The Morgan fingerprint density at radius 1 is 1.50 bits per heavy atom. The molecule has 0 aromatic carbocycles. The summed E-state index contributed by atoms with van der Waals surface area (Å²) in [7, 11) is 0. The lowest BCUT2D eigenvalue weighted by Gasteiger charge is -2.35. The molecular weight excluding hydrogens is 180 g/mol. The van der Waals surface area contributed by atoms with Crippen molar-refractivity contribution >= 4 is 18.3 Å². The van der Waals surface area contributed by atoms with E-state index in [4.69, 9.17) is 4.74 Å². The quantitative estimate of drug-likeness (QED) is 0.533. The van der Waals surface area contributed by atoms with Gasteiger partial charge in [0.1, 0.15) is 6.61 Å². The van der Waals surface area contributed by atoms with Gasteiger partial charge >= 0.3 is 0 Å². The van der Waals surface area contributed by atoms with Crippen LogP contribution in [0.15, 0.2) is 0 Å². The Hall–Kier alpha value is -0.320. The van der Waals surface area contributed by atoms with E-state index < -0.39 is 0 Å². The zero-order valence-corrected chi connectivity index (χ0v) is 7.52. The topological polar surface area (TPSA) is 50.4 Å². The van der Waals surface area contributed by atoms with Crippen molar-refractivity contribution in [3.05, 3.63) is 0 Å². The summed E-state index contributed by atoms with van der Waals surface area (Å²) in [5.74, 6) is 0.00921. The van der Waals surface area contributed by atoms with Gasteiger partial charge in [-0.05, 0) is 13.0 Å². The molecule has 2 saturated heterocycles. The zero-order valence-electron chi connectivity index (χ0n) is 6.71. The summed E-state index contributed by atoms with van der Waals surface area (Å²) in [6.07, 6.45) is 1.25. The largest absolute Gasteiger partial charge is 0.366 e. The summed E-state index contributed by atoms with van der Waals surface area (Å²) in [4.78, 5) is 10.9. The molecule has 0 aromatic heterocycles. The minimum absolute atomic E-state index is 0. The molecule has 4 nitrogen and oxygen atoms in total. The van der Waals surface area contributed by atoms with Crippen LogP contribution in [0.5, 0.6) is 0 Å². The Morgan fingerprint density at radius 3 is 3.17 bits per heavy atom. The lowest BCUT2D eigenvalue weighted by atomic mass is 10.0. The maximum atomic E-state index is 10.9. The van der Waals surface area contributed by atoms with Gasteiger partial charge in [-0.1, -0.05) is 0 Å². The molecule has 2 rings (SSSR count). The molecule has 2 heterocycles. The number of fused-ring (bicyclic) bond motifs is 1. The number of halogens is 1. The number of ether oxygens (including phenoxy) is 1. The first-order valence-corrected chi connectivity index (χ1v) is 3.98. The van der Waals surface area contributed by atoms with Crippen molar-refractivity contribution in [1.82, 2.24) is 10.6 Å². The lowest BCUT2D eigenvalue weighted by molar-refractivity contribution is -0.138. The van der Waals surface area contributed by atoms with Crippen molar-refractivity contribution < 1.29 is 9.53 Å². The van der Waals surface area contributed by atoms with Gasteiger partial charge in [0.25, 0.3) is 0 Å². The fourth-order valence-electron chi connectivity index (χ4n) is 1.61. The van der Waals surface area contributed by atoms with Gasteiger partial charge in [-0.25, -0.2) is 0 Å². The summed E-state index contributed by atoms with van der Waals surface area (Å²) in [5, 5.41) is 6.10. The van der Waals surface area contributed by atoms with Crippen LogP contribution in [0.2, 0.25) is 0 Å². The summed E-state index contributed by atoms with van der Waals surface area (Å²) in [6, 6.07) is 0.199. The Bertz CT molecular complexity index is 177. The number of carbonyl (C=O) groups excluding carboxylic acids is 1. The van der Waals surface area contributed by atoms with E-state index in [0.29, 0.717) is 0 Å². The first kappa shape index (κ1) is 9.77. The van der Waals surface area contributed by atoms with Gasteiger partial charge in [0.05, 0.1) is 12.1 Å². The summed E-state index contributed by atoms with van der Waals surface area (Å²) < 4.78 is 5.34. The average molecular weight is 193 g/mol. The normalized spacial score (nSPS) is 34.5. The second kappa shape index (κ2) is 4.07. The molecule has 70 valence electrons. The highest BCUT2D eigenvalue weighted by atomic mass is 35.5. The molecule has 0 radical (unpaired) electrons. The van der Waals surface area contributed by atoms with Crippen LogP contribution >= 0.6 is 12.4 Å². The standard InChI is InChI=1S/C7H12N2O2.ClH/c10-7-4-11-6-1-2-8-3-5(6)9-7;/h5-6,8H,1-4H2,(H,9,10);1H/t5-,6+;/m0./s1. The number of piperidine rings is 1. The molecule has 0 bridgehead atoms. The monoisotopic (exact) mass is 192 g/mol. The van der Waals surface area contributed by atoms with Gasteiger partial charge in [0, 0.05) is 6.54 Å². The minimum Gasteiger partial charge on any atom is -0.366 e. The third-order valence-corrected chi connectivity index (χ3v) is 2.19. The molecule has 12 heavy (non-hydrogen) atoms. The van der Waals surface area contributed by atoms with Gasteiger partial charge in [0.15, 0.2) is 0 Å². The molecule has 0 spiro atoms. The number of hydrogen-bond donors (Lipinski definition) is 2. The van der Waals surface area contributed by atoms with E-state index in [1.165, 1.54) is 0 Å². The number of carbonyl (C=O) groups is 1. The summed E-state index contributed by atoms with van der Waals surface area (Å²) in [5.41, 5.74) is 0. The molecule has 0 aromatic rings. The molecule has 0 saturated carbocycles. The van der Waals surface area contributed by atoms with E-state index in [9.17, 15) is 4.79 Å². The molecular formula is C7H13ClN2O2. The second-order valence-electron chi connectivity index (χ2n) is 3.02. The molecule has 2 aliphatic heterocycles. The predicted molar refractivity (Wildman–Crippen MR) is 46.4 cm³/mol. The number of rotatable bonds is 0. The smallest absolute Gasteiger partial charge is 0.246 e. The van der Waals surface area contributed by atoms with Gasteiger partial charge in [-0.3, -0.25) is 4.79 Å². The van der Waals surface area contributed by atoms with Crippen LogP contribution in [0.1, 0.15) is 6.42 Å². The van der Waals surface area contributed by atoms with E-state index in [2.05, 4.69) is 10.6 Å². The SMILES string of the molecule is Cl.O=C1CO[C@@H]2CCNC[C@@H]2N1. The van der Waals surface area contributed by atoms with E-state index in [0.717, 1.165) is 19.5 Å². The molecule has 5 heteroatoms. The van der Waals surface area contributed by atoms with E-state index >= 15 is 0 Å². The molecule has 2 aliphatic rings. The number of nitrogens with one attached hydrogen (secondary N) is 2. The Morgan fingerprint density at radius 2 is 2.33 bits per heavy atom. The van der Waals surface area contributed by atoms with Crippen molar-refractivity contribution in [3.63, 3.8) is 0 Å². The van der Waals surface area contributed by atoms with Crippen molar-refractivity contribution in [1.29, 1.82) is 0 Å². The lowest BCUT2D eigenvalue weighted by Crippen LogP contribution is -2.59. The van der Waals surface area contributed by atoms with E-state index in [-0.39, 0.29) is 37.1 Å². The minimum atomic E-state index is 0. The first-order chi connectivity index (χ1) is 5.36. The van der Waals surface area contributed by atoms with Crippen LogP contribution in [-0.4, -0.2) is 37.7 Å². The molecule has 2 fully saturated rings. The third kappa shape index (κ3) is 1.88. The predicted octanol–water partition coefficient (Wildman–Crippen LogP) is -0.715. The number of hydrogen-bond acceptors (Lipinski definition) is 3. The van der Waals surface area contributed by atoms with Crippen molar-refractivity contribution in [3.8, 4) is 0 Å². The summed E-state index contributed by atoms with van der Waals surface area (Å²) >= 11 is 0.